The van der Waals surface area contributed by atoms with Gasteiger partial charge in [-0.05, 0) is 30.2 Å². The molecule has 0 amide bonds. The molecule has 1 aromatic rings. The van der Waals surface area contributed by atoms with E-state index in [-0.39, 0.29) is 5.97 Å². The van der Waals surface area contributed by atoms with Crippen LogP contribution in [0.5, 0.6) is 5.75 Å². The molecule has 3 heteroatoms. The summed E-state index contributed by atoms with van der Waals surface area (Å²) in [5.74, 6) is 0.579. The summed E-state index contributed by atoms with van der Waals surface area (Å²) in [6.45, 7) is 3.67. The van der Waals surface area contributed by atoms with Gasteiger partial charge in [-0.2, -0.15) is 0 Å². The maximum absolute atomic E-state index is 10.6. The van der Waals surface area contributed by atoms with Gasteiger partial charge in [-0.15, -0.1) is 0 Å². The average Bonchev–Trinajstić information content (AvgIpc) is 2.15. The van der Waals surface area contributed by atoms with Crippen molar-refractivity contribution in [3.8, 4) is 5.75 Å². The normalized spacial score (nSPS) is 9.64. The standard InChI is InChI=1S/C11H14O3/c1-8-6-10(7-14-9(2)12)4-5-11(8)13-3/h4-6H,7H2,1-3H3. The van der Waals surface area contributed by atoms with Crippen LogP contribution in [0.15, 0.2) is 18.2 Å². The third-order valence-electron chi connectivity index (χ3n) is 1.90. The lowest BCUT2D eigenvalue weighted by molar-refractivity contribution is -0.142. The molecule has 0 aliphatic rings. The van der Waals surface area contributed by atoms with Crippen LogP contribution >= 0.6 is 0 Å². The first-order chi connectivity index (χ1) is 6.63. The van der Waals surface area contributed by atoms with Gasteiger partial charge in [0.25, 0.3) is 0 Å². The van der Waals surface area contributed by atoms with Gasteiger partial charge < -0.3 is 9.47 Å². The zero-order valence-electron chi connectivity index (χ0n) is 8.66. The second-order valence-electron chi connectivity index (χ2n) is 3.08. The Balaban J connectivity index is 2.71. The number of aryl methyl sites for hydroxylation is 1. The largest absolute Gasteiger partial charge is 0.496 e. The molecule has 0 aliphatic heterocycles. The van der Waals surface area contributed by atoms with Gasteiger partial charge in [0, 0.05) is 6.92 Å². The quantitative estimate of drug-likeness (QED) is 0.691. The summed E-state index contributed by atoms with van der Waals surface area (Å²) in [5.41, 5.74) is 2.01. The van der Waals surface area contributed by atoms with Crippen LogP contribution in [-0.2, 0) is 16.1 Å². The van der Waals surface area contributed by atoms with Crippen LogP contribution in [0.4, 0.5) is 0 Å². The molecule has 0 saturated heterocycles. The van der Waals surface area contributed by atoms with Crippen molar-refractivity contribution in [2.24, 2.45) is 0 Å². The Labute approximate surface area is 83.6 Å². The molecule has 0 aliphatic carbocycles. The third-order valence-corrected chi connectivity index (χ3v) is 1.90. The number of benzene rings is 1. The van der Waals surface area contributed by atoms with Crippen molar-refractivity contribution in [3.63, 3.8) is 0 Å². The zero-order valence-corrected chi connectivity index (χ0v) is 8.66. The number of ether oxygens (including phenoxy) is 2. The van der Waals surface area contributed by atoms with Crippen LogP contribution < -0.4 is 4.74 Å². The summed E-state index contributed by atoms with van der Waals surface area (Å²) in [6, 6.07) is 5.70. The lowest BCUT2D eigenvalue weighted by Crippen LogP contribution is -1.99. The van der Waals surface area contributed by atoms with Crippen molar-refractivity contribution in [2.75, 3.05) is 7.11 Å². The molecule has 0 heterocycles. The maximum atomic E-state index is 10.6. The number of esters is 1. The minimum atomic E-state index is -0.265. The highest BCUT2D eigenvalue weighted by Crippen LogP contribution is 2.18. The van der Waals surface area contributed by atoms with Crippen molar-refractivity contribution in [3.05, 3.63) is 29.3 Å². The molecule has 0 fully saturated rings. The molecule has 14 heavy (non-hydrogen) atoms. The van der Waals surface area contributed by atoms with Crippen LogP contribution in [0.25, 0.3) is 0 Å². The average molecular weight is 194 g/mol. The van der Waals surface area contributed by atoms with Crippen molar-refractivity contribution in [1.29, 1.82) is 0 Å². The highest BCUT2D eigenvalue weighted by Gasteiger charge is 2.01. The third kappa shape index (κ3) is 2.76. The molecule has 0 aromatic heterocycles. The van der Waals surface area contributed by atoms with Crippen LogP contribution in [0.3, 0.4) is 0 Å². The van der Waals surface area contributed by atoms with Crippen LogP contribution in [-0.4, -0.2) is 13.1 Å². The molecule has 0 unspecified atom stereocenters. The molecule has 1 aromatic carbocycles. The predicted octanol–water partition coefficient (Wildman–Crippen LogP) is 2.07. The highest BCUT2D eigenvalue weighted by atomic mass is 16.5. The van der Waals surface area contributed by atoms with Crippen LogP contribution in [0.2, 0.25) is 0 Å². The Morgan fingerprint density at radius 3 is 2.64 bits per heavy atom. The minimum absolute atomic E-state index is 0.265. The predicted molar refractivity (Wildman–Crippen MR) is 53.2 cm³/mol. The summed E-state index contributed by atoms with van der Waals surface area (Å²) in [5, 5.41) is 0. The van der Waals surface area contributed by atoms with E-state index < -0.39 is 0 Å². The molecule has 0 N–H and O–H groups in total. The van der Waals surface area contributed by atoms with Crippen molar-refractivity contribution in [2.45, 2.75) is 20.5 Å². The van der Waals surface area contributed by atoms with E-state index in [0.717, 1.165) is 16.9 Å². The number of methoxy groups -OCH3 is 1. The highest BCUT2D eigenvalue weighted by molar-refractivity contribution is 5.65. The van der Waals surface area contributed by atoms with E-state index in [0.29, 0.717) is 6.61 Å². The number of carbonyl (C=O) groups is 1. The van der Waals surface area contributed by atoms with Gasteiger partial charge in [0.2, 0.25) is 0 Å². The lowest BCUT2D eigenvalue weighted by Gasteiger charge is -2.07. The molecule has 0 spiro atoms. The number of hydrogen-bond donors (Lipinski definition) is 0. The fraction of sp³-hybridized carbons (Fsp3) is 0.364. The Bertz CT molecular complexity index is 331. The van der Waals surface area contributed by atoms with E-state index in [2.05, 4.69) is 0 Å². The van der Waals surface area contributed by atoms with Gasteiger partial charge in [-0.25, -0.2) is 0 Å². The van der Waals surface area contributed by atoms with E-state index in [4.69, 9.17) is 9.47 Å². The minimum Gasteiger partial charge on any atom is -0.496 e. The number of hydrogen-bond acceptors (Lipinski definition) is 3. The van der Waals surface area contributed by atoms with Crippen molar-refractivity contribution in [1.82, 2.24) is 0 Å². The van der Waals surface area contributed by atoms with Crippen LogP contribution in [0.1, 0.15) is 18.1 Å². The first kappa shape index (κ1) is 10.6. The fourth-order valence-corrected chi connectivity index (χ4v) is 1.22. The van der Waals surface area contributed by atoms with Crippen LogP contribution in [0, 0.1) is 6.92 Å². The molecule has 0 atom stereocenters. The van der Waals surface area contributed by atoms with Gasteiger partial charge >= 0.3 is 5.97 Å². The van der Waals surface area contributed by atoms with Gasteiger partial charge in [0.15, 0.2) is 0 Å². The van der Waals surface area contributed by atoms with E-state index in [1.807, 2.05) is 25.1 Å². The number of rotatable bonds is 3. The Morgan fingerprint density at radius 1 is 1.43 bits per heavy atom. The molecule has 0 saturated carbocycles. The van der Waals surface area contributed by atoms with Gasteiger partial charge in [0.1, 0.15) is 12.4 Å². The Hall–Kier alpha value is -1.51. The molecular formula is C11H14O3. The topological polar surface area (TPSA) is 35.5 Å². The molecule has 0 radical (unpaired) electrons. The molecule has 76 valence electrons. The maximum Gasteiger partial charge on any atom is 0.302 e. The Morgan fingerprint density at radius 2 is 2.14 bits per heavy atom. The zero-order chi connectivity index (χ0) is 10.6. The van der Waals surface area contributed by atoms with E-state index in [1.165, 1.54) is 6.92 Å². The van der Waals surface area contributed by atoms with Gasteiger partial charge in [0.05, 0.1) is 7.11 Å². The van der Waals surface area contributed by atoms with Crippen molar-refractivity contribution < 1.29 is 14.3 Å². The van der Waals surface area contributed by atoms with Gasteiger partial charge in [-0.3, -0.25) is 4.79 Å². The Kier molecular flexibility index (Phi) is 3.51. The SMILES string of the molecule is COc1ccc(COC(C)=O)cc1C. The first-order valence-electron chi connectivity index (χ1n) is 4.40. The van der Waals surface area contributed by atoms with E-state index in [1.54, 1.807) is 7.11 Å². The fourth-order valence-electron chi connectivity index (χ4n) is 1.22. The summed E-state index contributed by atoms with van der Waals surface area (Å²) < 4.78 is 9.99. The van der Waals surface area contributed by atoms with E-state index in [9.17, 15) is 4.79 Å². The van der Waals surface area contributed by atoms with E-state index >= 15 is 0 Å². The lowest BCUT2D eigenvalue weighted by atomic mass is 10.1. The molecule has 3 nitrogen and oxygen atoms in total. The molecule has 1 rings (SSSR count). The summed E-state index contributed by atoms with van der Waals surface area (Å²) in [6.07, 6.45) is 0. The van der Waals surface area contributed by atoms with Gasteiger partial charge in [-0.1, -0.05) is 6.07 Å². The first-order valence-corrected chi connectivity index (χ1v) is 4.40. The monoisotopic (exact) mass is 194 g/mol. The summed E-state index contributed by atoms with van der Waals surface area (Å²) in [4.78, 5) is 10.6. The molecular weight excluding hydrogens is 180 g/mol. The summed E-state index contributed by atoms with van der Waals surface area (Å²) in [7, 11) is 1.63. The number of carbonyl (C=O) groups excluding carboxylic acids is 1. The second kappa shape index (κ2) is 4.65. The molecule has 0 bridgehead atoms. The smallest absolute Gasteiger partial charge is 0.302 e. The second-order valence-corrected chi connectivity index (χ2v) is 3.08. The van der Waals surface area contributed by atoms with Crippen molar-refractivity contribution >= 4 is 5.97 Å². The summed E-state index contributed by atoms with van der Waals surface area (Å²) >= 11 is 0.